The predicted molar refractivity (Wildman–Crippen MR) is 109 cm³/mol. The third kappa shape index (κ3) is 4.29. The van der Waals surface area contributed by atoms with Crippen molar-refractivity contribution >= 4 is 0 Å². The number of hydrogen-bond acceptors (Lipinski definition) is 5. The average Bonchev–Trinajstić information content (AvgIpc) is 3.18. The predicted octanol–water partition coefficient (Wildman–Crippen LogP) is 4.22. The van der Waals surface area contributed by atoms with Crippen LogP contribution in [0.25, 0.3) is 0 Å². The van der Waals surface area contributed by atoms with Crippen molar-refractivity contribution in [2.75, 3.05) is 6.61 Å². The van der Waals surface area contributed by atoms with E-state index in [1.807, 2.05) is 74.5 Å². The van der Waals surface area contributed by atoms with Crippen LogP contribution in [0.5, 0.6) is 0 Å². The van der Waals surface area contributed by atoms with Gasteiger partial charge < -0.3 is 23.7 Å². The molecule has 0 aliphatic carbocycles. The van der Waals surface area contributed by atoms with Crippen LogP contribution >= 0.6 is 0 Å². The van der Waals surface area contributed by atoms with Gasteiger partial charge in [0.2, 0.25) is 0 Å². The lowest BCUT2D eigenvalue weighted by Crippen LogP contribution is -2.51. The first-order chi connectivity index (χ1) is 14.0. The molecular formula is C24H28O5. The summed E-state index contributed by atoms with van der Waals surface area (Å²) < 4.78 is 30.7. The SMILES string of the molecule is C=C[C@@]1(OCc2ccccc2)[C@@H](COCc2ccccc2)OC2OC(C)(C)O[C@@H]21. The highest BCUT2D eigenvalue weighted by atomic mass is 16.8. The van der Waals surface area contributed by atoms with Gasteiger partial charge in [-0.15, -0.1) is 6.58 Å². The van der Waals surface area contributed by atoms with Crippen LogP contribution in [0.4, 0.5) is 0 Å². The van der Waals surface area contributed by atoms with Crippen molar-refractivity contribution < 1.29 is 23.7 Å². The molecule has 0 aromatic heterocycles. The lowest BCUT2D eigenvalue weighted by atomic mass is 9.92. The molecular weight excluding hydrogens is 368 g/mol. The maximum atomic E-state index is 6.42. The van der Waals surface area contributed by atoms with Crippen molar-refractivity contribution in [2.24, 2.45) is 0 Å². The molecule has 2 aromatic carbocycles. The third-order valence-corrected chi connectivity index (χ3v) is 5.34. The molecule has 1 unspecified atom stereocenters. The van der Waals surface area contributed by atoms with Crippen LogP contribution in [0.1, 0.15) is 25.0 Å². The Hall–Kier alpha value is -2.02. The average molecular weight is 396 g/mol. The first-order valence-electron chi connectivity index (χ1n) is 9.97. The molecule has 154 valence electrons. The van der Waals surface area contributed by atoms with Crippen LogP contribution in [-0.4, -0.2) is 36.5 Å². The van der Waals surface area contributed by atoms with Crippen molar-refractivity contribution in [3.05, 3.63) is 84.4 Å². The minimum absolute atomic E-state index is 0.343. The zero-order valence-electron chi connectivity index (χ0n) is 17.0. The Labute approximate surface area is 172 Å². The number of hydrogen-bond donors (Lipinski definition) is 0. The molecule has 2 aliphatic heterocycles. The van der Waals surface area contributed by atoms with Gasteiger partial charge in [0.25, 0.3) is 0 Å². The smallest absolute Gasteiger partial charge is 0.191 e. The molecule has 0 bridgehead atoms. The molecule has 2 fully saturated rings. The van der Waals surface area contributed by atoms with E-state index in [9.17, 15) is 0 Å². The Balaban J connectivity index is 1.49. The topological polar surface area (TPSA) is 46.2 Å². The highest BCUT2D eigenvalue weighted by molar-refractivity contribution is 5.18. The highest BCUT2D eigenvalue weighted by Crippen LogP contribution is 2.46. The third-order valence-electron chi connectivity index (χ3n) is 5.34. The Morgan fingerprint density at radius 3 is 2.17 bits per heavy atom. The summed E-state index contributed by atoms with van der Waals surface area (Å²) in [4.78, 5) is 0. The largest absolute Gasteiger partial charge is 0.374 e. The second-order valence-corrected chi connectivity index (χ2v) is 7.88. The van der Waals surface area contributed by atoms with E-state index in [2.05, 4.69) is 6.58 Å². The number of benzene rings is 2. The Kier molecular flexibility index (Phi) is 5.86. The number of fused-ring (bicyclic) bond motifs is 1. The molecule has 5 heteroatoms. The van der Waals surface area contributed by atoms with Gasteiger partial charge in [-0.2, -0.15) is 0 Å². The van der Waals surface area contributed by atoms with Gasteiger partial charge in [-0.1, -0.05) is 66.7 Å². The lowest BCUT2D eigenvalue weighted by molar-refractivity contribution is -0.236. The number of rotatable bonds is 8. The van der Waals surface area contributed by atoms with Crippen molar-refractivity contribution in [3.63, 3.8) is 0 Å². The van der Waals surface area contributed by atoms with E-state index in [-0.39, 0.29) is 0 Å². The van der Waals surface area contributed by atoms with E-state index in [1.54, 1.807) is 6.08 Å². The Morgan fingerprint density at radius 2 is 1.55 bits per heavy atom. The summed E-state index contributed by atoms with van der Waals surface area (Å²) in [7, 11) is 0. The summed E-state index contributed by atoms with van der Waals surface area (Å²) in [5, 5.41) is 0. The summed E-state index contributed by atoms with van der Waals surface area (Å²) in [6.07, 6.45) is 0.453. The van der Waals surface area contributed by atoms with E-state index in [0.717, 1.165) is 11.1 Å². The van der Waals surface area contributed by atoms with Gasteiger partial charge >= 0.3 is 0 Å². The van der Waals surface area contributed by atoms with Gasteiger partial charge in [0.1, 0.15) is 17.8 Å². The van der Waals surface area contributed by atoms with E-state index in [1.165, 1.54) is 0 Å². The van der Waals surface area contributed by atoms with Gasteiger partial charge in [-0.25, -0.2) is 0 Å². The number of ether oxygens (including phenoxy) is 5. The first kappa shape index (κ1) is 20.3. The van der Waals surface area contributed by atoms with E-state index < -0.39 is 29.9 Å². The van der Waals surface area contributed by atoms with E-state index in [0.29, 0.717) is 19.8 Å². The molecule has 0 saturated carbocycles. The lowest BCUT2D eigenvalue weighted by Gasteiger charge is -2.35. The summed E-state index contributed by atoms with van der Waals surface area (Å²) in [6.45, 7) is 9.06. The van der Waals surface area contributed by atoms with Gasteiger partial charge in [0, 0.05) is 0 Å². The van der Waals surface area contributed by atoms with Crippen LogP contribution in [0, 0.1) is 0 Å². The monoisotopic (exact) mass is 396 g/mol. The maximum Gasteiger partial charge on any atom is 0.191 e. The first-order valence-corrected chi connectivity index (χ1v) is 9.97. The fourth-order valence-corrected chi connectivity index (χ4v) is 3.88. The van der Waals surface area contributed by atoms with Crippen molar-refractivity contribution in [1.29, 1.82) is 0 Å². The second-order valence-electron chi connectivity index (χ2n) is 7.88. The molecule has 4 rings (SSSR count). The standard InChI is InChI=1S/C24H28O5/c1-4-24(26-16-19-13-9-6-10-14-19)20(17-25-15-18-11-7-5-8-12-18)27-22-21(24)28-23(2,3)29-22/h4-14,20-22H,1,15-17H2,2-3H3/t20-,21+,22?,24-/m1/s1. The van der Waals surface area contributed by atoms with Crippen LogP contribution < -0.4 is 0 Å². The fourth-order valence-electron chi connectivity index (χ4n) is 3.88. The van der Waals surface area contributed by atoms with Crippen molar-refractivity contribution in [2.45, 2.75) is 56.9 Å². The zero-order valence-corrected chi connectivity index (χ0v) is 17.0. The molecule has 29 heavy (non-hydrogen) atoms. The van der Waals surface area contributed by atoms with Crippen LogP contribution in [0.3, 0.4) is 0 Å². The minimum Gasteiger partial charge on any atom is -0.374 e. The van der Waals surface area contributed by atoms with Crippen LogP contribution in [0.15, 0.2) is 73.3 Å². The Morgan fingerprint density at radius 1 is 0.931 bits per heavy atom. The molecule has 5 nitrogen and oxygen atoms in total. The van der Waals surface area contributed by atoms with Gasteiger partial charge in [0.15, 0.2) is 12.1 Å². The van der Waals surface area contributed by atoms with E-state index in [4.69, 9.17) is 23.7 Å². The van der Waals surface area contributed by atoms with Gasteiger partial charge in [-0.05, 0) is 25.0 Å². The quantitative estimate of drug-likeness (QED) is 0.625. The molecule has 2 aromatic rings. The summed E-state index contributed by atoms with van der Waals surface area (Å²) in [5.41, 5.74) is 1.30. The molecule has 2 heterocycles. The zero-order chi connectivity index (χ0) is 20.3. The molecule has 0 spiro atoms. The molecule has 0 N–H and O–H groups in total. The van der Waals surface area contributed by atoms with Gasteiger partial charge in [-0.3, -0.25) is 0 Å². The molecule has 2 saturated heterocycles. The molecule has 4 atom stereocenters. The van der Waals surface area contributed by atoms with Crippen molar-refractivity contribution in [1.82, 2.24) is 0 Å². The van der Waals surface area contributed by atoms with E-state index >= 15 is 0 Å². The van der Waals surface area contributed by atoms with Crippen LogP contribution in [-0.2, 0) is 36.9 Å². The normalized spacial score (nSPS) is 30.2. The molecule has 2 aliphatic rings. The summed E-state index contributed by atoms with van der Waals surface area (Å²) in [5.74, 6) is -0.741. The maximum absolute atomic E-state index is 6.42. The second kappa shape index (κ2) is 8.38. The molecule has 0 amide bonds. The Bertz CT molecular complexity index is 807. The van der Waals surface area contributed by atoms with Crippen LogP contribution in [0.2, 0.25) is 0 Å². The van der Waals surface area contributed by atoms with Gasteiger partial charge in [0.05, 0.1) is 19.8 Å². The minimum atomic E-state index is -0.870. The summed E-state index contributed by atoms with van der Waals surface area (Å²) in [6, 6.07) is 20.1. The molecule has 0 radical (unpaired) electrons. The highest BCUT2D eigenvalue weighted by Gasteiger charge is 2.63. The fraction of sp³-hybridized carbons (Fsp3) is 0.417. The summed E-state index contributed by atoms with van der Waals surface area (Å²) >= 11 is 0. The van der Waals surface area contributed by atoms with Crippen molar-refractivity contribution in [3.8, 4) is 0 Å².